The Hall–Kier alpha value is -3.52. The number of methoxy groups -OCH3 is 1. The second-order valence-electron chi connectivity index (χ2n) is 6.33. The van der Waals surface area contributed by atoms with Gasteiger partial charge in [-0.05, 0) is 36.8 Å². The molecule has 8 heteroatoms. The number of aromatic amines is 1. The van der Waals surface area contributed by atoms with Crippen LogP contribution in [0.15, 0.2) is 48.5 Å². The van der Waals surface area contributed by atoms with E-state index in [0.717, 1.165) is 11.1 Å². The molecule has 0 saturated heterocycles. The number of nitrogens with one attached hydrogen (secondary N) is 2. The minimum atomic E-state index is -1.11. The number of rotatable bonds is 5. The molecule has 2 aromatic heterocycles. The van der Waals surface area contributed by atoms with Gasteiger partial charge in [-0.15, -0.1) is 0 Å². The number of aromatic nitrogens is 4. The van der Waals surface area contributed by atoms with Gasteiger partial charge in [-0.2, -0.15) is 5.10 Å². The van der Waals surface area contributed by atoms with Gasteiger partial charge in [0.1, 0.15) is 23.5 Å². The lowest BCUT2D eigenvalue weighted by Crippen LogP contribution is -2.08. The molecule has 0 aliphatic heterocycles. The van der Waals surface area contributed by atoms with Crippen molar-refractivity contribution in [2.24, 2.45) is 0 Å². The molecule has 0 amide bonds. The summed E-state index contributed by atoms with van der Waals surface area (Å²) in [5, 5.41) is 21.7. The van der Waals surface area contributed by atoms with Crippen molar-refractivity contribution >= 4 is 22.5 Å². The van der Waals surface area contributed by atoms with Crippen molar-refractivity contribution in [3.8, 4) is 5.75 Å². The first-order valence-electron chi connectivity index (χ1n) is 8.62. The van der Waals surface area contributed by atoms with Crippen LogP contribution in [0, 0.1) is 12.7 Å². The van der Waals surface area contributed by atoms with E-state index in [1.165, 1.54) is 24.3 Å². The maximum absolute atomic E-state index is 13.2. The predicted octanol–water partition coefficient (Wildman–Crippen LogP) is 3.63. The molecule has 4 rings (SSSR count). The number of benzene rings is 2. The highest BCUT2D eigenvalue weighted by molar-refractivity contribution is 5.91. The summed E-state index contributed by atoms with van der Waals surface area (Å²) in [5.41, 5.74) is 1.99. The van der Waals surface area contributed by atoms with Crippen molar-refractivity contribution < 1.29 is 14.2 Å². The predicted molar refractivity (Wildman–Crippen MR) is 103 cm³/mol. The first kappa shape index (κ1) is 17.9. The van der Waals surface area contributed by atoms with Crippen LogP contribution in [-0.4, -0.2) is 32.4 Å². The van der Waals surface area contributed by atoms with Crippen molar-refractivity contribution in [1.82, 2.24) is 20.2 Å². The summed E-state index contributed by atoms with van der Waals surface area (Å²) in [6.07, 6.45) is -1.11. The fourth-order valence-electron chi connectivity index (χ4n) is 2.87. The summed E-state index contributed by atoms with van der Waals surface area (Å²) in [6, 6.07) is 12.8. The first-order valence-corrected chi connectivity index (χ1v) is 8.62. The van der Waals surface area contributed by atoms with Gasteiger partial charge in [0, 0.05) is 23.2 Å². The molecule has 0 saturated carbocycles. The lowest BCUT2D eigenvalue weighted by atomic mass is 10.1. The summed E-state index contributed by atoms with van der Waals surface area (Å²) < 4.78 is 18.5. The van der Waals surface area contributed by atoms with Gasteiger partial charge in [0.25, 0.3) is 0 Å². The number of hydrogen-bond acceptors (Lipinski definition) is 6. The third kappa shape index (κ3) is 3.49. The number of fused-ring (bicyclic) bond motifs is 1. The van der Waals surface area contributed by atoms with Crippen LogP contribution in [0.1, 0.15) is 23.2 Å². The summed E-state index contributed by atoms with van der Waals surface area (Å²) in [6.45, 7) is 1.89. The van der Waals surface area contributed by atoms with Crippen molar-refractivity contribution in [2.45, 2.75) is 13.0 Å². The quantitative estimate of drug-likeness (QED) is 0.490. The molecule has 142 valence electrons. The lowest BCUT2D eigenvalue weighted by Gasteiger charge is -2.14. The van der Waals surface area contributed by atoms with E-state index in [9.17, 15) is 9.50 Å². The number of nitrogens with zero attached hydrogens (tertiary/aromatic N) is 3. The largest absolute Gasteiger partial charge is 0.497 e. The van der Waals surface area contributed by atoms with Crippen LogP contribution in [0.3, 0.4) is 0 Å². The maximum atomic E-state index is 13.2. The van der Waals surface area contributed by atoms with Crippen LogP contribution in [0.4, 0.5) is 16.0 Å². The van der Waals surface area contributed by atoms with Crippen LogP contribution in [0.25, 0.3) is 10.9 Å². The number of aryl methyl sites for hydroxylation is 1. The van der Waals surface area contributed by atoms with E-state index in [2.05, 4.69) is 25.5 Å². The van der Waals surface area contributed by atoms with Gasteiger partial charge in [0.05, 0.1) is 12.6 Å². The molecule has 0 spiro atoms. The topological polar surface area (TPSA) is 96.0 Å². The van der Waals surface area contributed by atoms with Gasteiger partial charge in [0.15, 0.2) is 11.6 Å². The average Bonchev–Trinajstić information content (AvgIpc) is 3.12. The first-order chi connectivity index (χ1) is 13.5. The Morgan fingerprint density at radius 2 is 1.89 bits per heavy atom. The Morgan fingerprint density at radius 1 is 1.11 bits per heavy atom. The zero-order valence-corrected chi connectivity index (χ0v) is 15.3. The van der Waals surface area contributed by atoms with Crippen molar-refractivity contribution in [3.05, 3.63) is 71.4 Å². The van der Waals surface area contributed by atoms with Crippen LogP contribution >= 0.6 is 0 Å². The van der Waals surface area contributed by atoms with E-state index in [4.69, 9.17) is 4.74 Å². The van der Waals surface area contributed by atoms with Gasteiger partial charge < -0.3 is 15.2 Å². The van der Waals surface area contributed by atoms with E-state index in [-0.39, 0.29) is 11.6 Å². The Morgan fingerprint density at radius 3 is 2.57 bits per heavy atom. The molecule has 2 aromatic carbocycles. The van der Waals surface area contributed by atoms with E-state index >= 15 is 0 Å². The van der Waals surface area contributed by atoms with Crippen LogP contribution in [0.5, 0.6) is 5.75 Å². The number of halogens is 1. The van der Waals surface area contributed by atoms with Gasteiger partial charge in [-0.3, -0.25) is 5.10 Å². The fraction of sp³-hybridized carbons (Fsp3) is 0.150. The van der Waals surface area contributed by atoms with Crippen molar-refractivity contribution in [2.75, 3.05) is 12.4 Å². The number of H-pyrrole nitrogens is 1. The van der Waals surface area contributed by atoms with Gasteiger partial charge >= 0.3 is 0 Å². The Balaban J connectivity index is 1.82. The highest BCUT2D eigenvalue weighted by atomic mass is 19.1. The average molecular weight is 379 g/mol. The third-order valence-corrected chi connectivity index (χ3v) is 4.30. The van der Waals surface area contributed by atoms with E-state index in [1.54, 1.807) is 13.2 Å². The standard InChI is InChI=1S/C20H18FN5O2/c1-11-9-17(26-25-11)23-19-15-8-7-14(28-2)10-16(15)22-20(24-19)18(27)12-3-5-13(21)6-4-12/h3-10,18,27H,1-2H3,(H2,22,23,24,25,26)/t18-/m0/s1. The molecule has 1 atom stereocenters. The normalized spacial score (nSPS) is 12.1. The van der Waals surface area contributed by atoms with Crippen molar-refractivity contribution in [1.29, 1.82) is 0 Å². The summed E-state index contributed by atoms with van der Waals surface area (Å²) in [4.78, 5) is 8.99. The zero-order valence-electron chi connectivity index (χ0n) is 15.3. The summed E-state index contributed by atoms with van der Waals surface area (Å²) >= 11 is 0. The van der Waals surface area contributed by atoms with Gasteiger partial charge in [0.2, 0.25) is 0 Å². The molecule has 0 radical (unpaired) electrons. The van der Waals surface area contributed by atoms with Crippen LogP contribution in [-0.2, 0) is 0 Å². The SMILES string of the molecule is COc1ccc2c(Nc3cc(C)[nH]n3)nc([C@@H](O)c3ccc(F)cc3)nc2c1. The van der Waals surface area contributed by atoms with Crippen LogP contribution in [0.2, 0.25) is 0 Å². The number of ether oxygens (including phenoxy) is 1. The minimum Gasteiger partial charge on any atom is -0.497 e. The molecule has 0 aliphatic rings. The van der Waals surface area contributed by atoms with E-state index in [1.807, 2.05) is 25.1 Å². The molecule has 2 heterocycles. The Kier molecular flexibility index (Phi) is 4.62. The monoisotopic (exact) mass is 379 g/mol. The molecule has 0 aliphatic carbocycles. The highest BCUT2D eigenvalue weighted by Crippen LogP contribution is 2.29. The number of aliphatic hydroxyl groups is 1. The van der Waals surface area contributed by atoms with E-state index in [0.29, 0.717) is 28.5 Å². The Labute approximate surface area is 160 Å². The molecule has 0 fully saturated rings. The summed E-state index contributed by atoms with van der Waals surface area (Å²) in [5.74, 6) is 1.53. The molecule has 0 bridgehead atoms. The van der Waals surface area contributed by atoms with Crippen LogP contribution < -0.4 is 10.1 Å². The fourth-order valence-corrected chi connectivity index (χ4v) is 2.87. The smallest absolute Gasteiger partial charge is 0.164 e. The number of aliphatic hydroxyl groups excluding tert-OH is 1. The molecule has 4 aromatic rings. The molecular formula is C20H18FN5O2. The Bertz CT molecular complexity index is 1130. The third-order valence-electron chi connectivity index (χ3n) is 4.30. The number of hydrogen-bond donors (Lipinski definition) is 3. The molecular weight excluding hydrogens is 361 g/mol. The van der Waals surface area contributed by atoms with Crippen molar-refractivity contribution in [3.63, 3.8) is 0 Å². The van der Waals surface area contributed by atoms with Gasteiger partial charge in [-0.25, -0.2) is 14.4 Å². The highest BCUT2D eigenvalue weighted by Gasteiger charge is 2.18. The summed E-state index contributed by atoms with van der Waals surface area (Å²) in [7, 11) is 1.57. The minimum absolute atomic E-state index is 0.183. The lowest BCUT2D eigenvalue weighted by molar-refractivity contribution is 0.210. The molecule has 3 N–H and O–H groups in total. The molecule has 28 heavy (non-hydrogen) atoms. The zero-order chi connectivity index (χ0) is 19.7. The number of anilines is 2. The second kappa shape index (κ2) is 7.24. The molecule has 0 unspecified atom stereocenters. The maximum Gasteiger partial charge on any atom is 0.164 e. The molecule has 7 nitrogen and oxygen atoms in total. The van der Waals surface area contributed by atoms with E-state index < -0.39 is 6.10 Å². The van der Waals surface area contributed by atoms with Gasteiger partial charge in [-0.1, -0.05) is 12.1 Å². The second-order valence-corrected chi connectivity index (χ2v) is 6.33.